The van der Waals surface area contributed by atoms with E-state index in [1.165, 1.54) is 13.8 Å². The molecular formula is C25H32N4O7. The first-order valence-electron chi connectivity index (χ1n) is 11.9. The van der Waals surface area contributed by atoms with Gasteiger partial charge in [-0.1, -0.05) is 12.1 Å². The van der Waals surface area contributed by atoms with Crippen molar-refractivity contribution in [1.82, 2.24) is 14.8 Å². The van der Waals surface area contributed by atoms with E-state index >= 15 is 0 Å². The second-order valence-electron chi connectivity index (χ2n) is 8.72. The minimum Gasteiger partial charge on any atom is -0.475 e. The van der Waals surface area contributed by atoms with Crippen molar-refractivity contribution in [2.75, 3.05) is 39.4 Å². The monoisotopic (exact) mass is 500 g/mol. The molecule has 0 spiro atoms. The molecule has 1 aromatic carbocycles. The summed E-state index contributed by atoms with van der Waals surface area (Å²) in [5.74, 6) is -1.66. The van der Waals surface area contributed by atoms with E-state index in [1.54, 1.807) is 47.9 Å². The third-order valence-electron chi connectivity index (χ3n) is 5.77. The number of hydrogen-bond acceptors (Lipinski definition) is 8. The number of piperazine rings is 1. The molecule has 0 aliphatic carbocycles. The van der Waals surface area contributed by atoms with E-state index in [2.05, 4.69) is 4.98 Å². The highest BCUT2D eigenvalue weighted by molar-refractivity contribution is 6.04. The van der Waals surface area contributed by atoms with Gasteiger partial charge in [-0.2, -0.15) is 0 Å². The maximum absolute atomic E-state index is 13.2. The number of primary amides is 1. The summed E-state index contributed by atoms with van der Waals surface area (Å²) < 4.78 is 16.2. The van der Waals surface area contributed by atoms with Gasteiger partial charge in [0, 0.05) is 31.6 Å². The van der Waals surface area contributed by atoms with Crippen LogP contribution >= 0.6 is 0 Å². The first-order valence-corrected chi connectivity index (χ1v) is 11.9. The van der Waals surface area contributed by atoms with Crippen molar-refractivity contribution < 1.29 is 33.4 Å². The summed E-state index contributed by atoms with van der Waals surface area (Å²) in [6, 6.07) is 6.93. The zero-order valence-electron chi connectivity index (χ0n) is 21.0. The lowest BCUT2D eigenvalue weighted by Gasteiger charge is -2.34. The van der Waals surface area contributed by atoms with Crippen LogP contribution in [0, 0.1) is 0 Å². The van der Waals surface area contributed by atoms with Crippen molar-refractivity contribution in [1.29, 1.82) is 0 Å². The Hall–Kier alpha value is -3.89. The van der Waals surface area contributed by atoms with E-state index in [0.717, 1.165) is 0 Å². The molecule has 0 radical (unpaired) electrons. The molecule has 0 unspecified atom stereocenters. The number of nitrogens with zero attached hydrogens (tertiary/aromatic N) is 3. The summed E-state index contributed by atoms with van der Waals surface area (Å²) in [6.07, 6.45) is -0.624. The highest BCUT2D eigenvalue weighted by Gasteiger charge is 2.35. The van der Waals surface area contributed by atoms with Crippen molar-refractivity contribution in [2.24, 2.45) is 5.73 Å². The van der Waals surface area contributed by atoms with Gasteiger partial charge < -0.3 is 29.7 Å². The molecule has 0 bridgehead atoms. The quantitative estimate of drug-likeness (QED) is 0.542. The van der Waals surface area contributed by atoms with E-state index in [4.69, 9.17) is 19.9 Å². The molecule has 2 N–H and O–H groups in total. The number of carbonyl (C=O) groups excluding carboxylic acids is 4. The summed E-state index contributed by atoms with van der Waals surface area (Å²) in [5, 5.41) is 0.475. The fraction of sp³-hybridized carbons (Fsp3) is 0.480. The molecule has 1 fully saturated rings. The van der Waals surface area contributed by atoms with Gasteiger partial charge in [-0.25, -0.2) is 9.59 Å². The standard InChI is InChI=1S/C25H32N4O7/c1-5-34-23(32)25(3,4)36-21-16-9-7-8-10-17(16)27-18(20(21)22(26)31)15-19(30)28-11-13-29(14-12-28)24(33)35-6-2/h7-10H,5-6,11-15H2,1-4H3,(H2,26,31). The highest BCUT2D eigenvalue weighted by atomic mass is 16.6. The second kappa shape index (κ2) is 11.2. The molecule has 194 valence electrons. The average molecular weight is 501 g/mol. The fourth-order valence-corrected chi connectivity index (χ4v) is 3.93. The van der Waals surface area contributed by atoms with Crippen LogP contribution in [0.2, 0.25) is 0 Å². The first kappa shape index (κ1) is 26.7. The predicted octanol–water partition coefficient (Wildman–Crippen LogP) is 1.90. The summed E-state index contributed by atoms with van der Waals surface area (Å²) in [5.41, 5.74) is 4.86. The van der Waals surface area contributed by atoms with Crippen molar-refractivity contribution in [3.8, 4) is 5.75 Å². The van der Waals surface area contributed by atoms with Gasteiger partial charge in [0.15, 0.2) is 5.60 Å². The van der Waals surface area contributed by atoms with Gasteiger partial charge in [-0.3, -0.25) is 14.6 Å². The van der Waals surface area contributed by atoms with Gasteiger partial charge in [0.1, 0.15) is 11.3 Å². The number of pyridine rings is 1. The molecule has 3 amide bonds. The molecule has 1 aromatic heterocycles. The highest BCUT2D eigenvalue weighted by Crippen LogP contribution is 2.34. The molecule has 1 saturated heterocycles. The minimum atomic E-state index is -1.44. The number of fused-ring (bicyclic) bond motifs is 1. The summed E-state index contributed by atoms with van der Waals surface area (Å²) >= 11 is 0. The van der Waals surface area contributed by atoms with E-state index in [9.17, 15) is 19.2 Å². The van der Waals surface area contributed by atoms with Gasteiger partial charge in [-0.05, 0) is 39.8 Å². The Labute approximate surface area is 209 Å². The molecule has 2 heterocycles. The number of benzene rings is 1. The molecule has 36 heavy (non-hydrogen) atoms. The lowest BCUT2D eigenvalue weighted by Crippen LogP contribution is -2.51. The average Bonchev–Trinajstić information content (AvgIpc) is 2.84. The number of esters is 1. The Morgan fingerprint density at radius 3 is 2.19 bits per heavy atom. The SMILES string of the molecule is CCOC(=O)N1CCN(C(=O)Cc2nc3ccccc3c(OC(C)(C)C(=O)OCC)c2C(N)=O)CC1. The van der Waals surface area contributed by atoms with Crippen LogP contribution < -0.4 is 10.5 Å². The van der Waals surface area contributed by atoms with E-state index < -0.39 is 23.6 Å². The summed E-state index contributed by atoms with van der Waals surface area (Å²) in [6.45, 7) is 8.20. The van der Waals surface area contributed by atoms with Gasteiger partial charge >= 0.3 is 12.1 Å². The lowest BCUT2D eigenvalue weighted by molar-refractivity contribution is -0.158. The molecule has 2 aromatic rings. The molecule has 0 saturated carbocycles. The number of aromatic nitrogens is 1. The largest absolute Gasteiger partial charge is 0.475 e. The Morgan fingerprint density at radius 1 is 0.972 bits per heavy atom. The van der Waals surface area contributed by atoms with E-state index in [1.807, 2.05) is 0 Å². The molecule has 1 aliphatic heterocycles. The fourth-order valence-electron chi connectivity index (χ4n) is 3.93. The zero-order valence-corrected chi connectivity index (χ0v) is 21.0. The van der Waals surface area contributed by atoms with Crippen LogP contribution in [0.3, 0.4) is 0 Å². The Balaban J connectivity index is 1.93. The minimum absolute atomic E-state index is 0.0652. The zero-order chi connectivity index (χ0) is 26.5. The van der Waals surface area contributed by atoms with Crippen LogP contribution in [0.5, 0.6) is 5.75 Å². The third-order valence-corrected chi connectivity index (χ3v) is 5.77. The van der Waals surface area contributed by atoms with Crippen LogP contribution in [0.4, 0.5) is 4.79 Å². The van der Waals surface area contributed by atoms with Gasteiger partial charge in [0.2, 0.25) is 5.91 Å². The number of para-hydroxylation sites is 1. The number of hydrogen-bond donors (Lipinski definition) is 1. The Kier molecular flexibility index (Phi) is 8.33. The molecule has 1 aliphatic rings. The number of amides is 3. The summed E-state index contributed by atoms with van der Waals surface area (Å²) in [4.78, 5) is 57.9. The summed E-state index contributed by atoms with van der Waals surface area (Å²) in [7, 11) is 0. The van der Waals surface area contributed by atoms with Gasteiger partial charge in [0.05, 0.1) is 30.8 Å². The van der Waals surface area contributed by atoms with Crippen molar-refractivity contribution in [3.63, 3.8) is 0 Å². The molecule has 11 nitrogen and oxygen atoms in total. The molecule has 11 heteroatoms. The molecule has 0 atom stereocenters. The Morgan fingerprint density at radius 2 is 1.58 bits per heavy atom. The first-order chi connectivity index (χ1) is 17.1. The number of carbonyl (C=O) groups is 4. The maximum atomic E-state index is 13.2. The number of rotatable bonds is 8. The number of nitrogens with two attached hydrogens (primary N) is 1. The van der Waals surface area contributed by atoms with Crippen molar-refractivity contribution in [2.45, 2.75) is 39.7 Å². The van der Waals surface area contributed by atoms with E-state index in [0.29, 0.717) is 37.1 Å². The molecular weight excluding hydrogens is 468 g/mol. The lowest BCUT2D eigenvalue weighted by atomic mass is 10.0. The van der Waals surface area contributed by atoms with Crippen LogP contribution in [0.25, 0.3) is 10.9 Å². The van der Waals surface area contributed by atoms with Crippen LogP contribution in [0.15, 0.2) is 24.3 Å². The van der Waals surface area contributed by atoms with Crippen molar-refractivity contribution in [3.05, 3.63) is 35.5 Å². The van der Waals surface area contributed by atoms with Crippen LogP contribution in [-0.4, -0.2) is 83.7 Å². The van der Waals surface area contributed by atoms with Crippen LogP contribution in [-0.2, 0) is 25.5 Å². The van der Waals surface area contributed by atoms with Gasteiger partial charge in [0.25, 0.3) is 5.91 Å². The van der Waals surface area contributed by atoms with E-state index in [-0.39, 0.29) is 42.5 Å². The normalized spacial score (nSPS) is 13.9. The smallest absolute Gasteiger partial charge is 0.409 e. The Bertz CT molecular complexity index is 1160. The predicted molar refractivity (Wildman–Crippen MR) is 130 cm³/mol. The van der Waals surface area contributed by atoms with Crippen molar-refractivity contribution >= 4 is 34.8 Å². The third kappa shape index (κ3) is 5.84. The van der Waals surface area contributed by atoms with Gasteiger partial charge in [-0.15, -0.1) is 0 Å². The van der Waals surface area contributed by atoms with Crippen LogP contribution in [0.1, 0.15) is 43.7 Å². The second-order valence-corrected chi connectivity index (χ2v) is 8.72. The molecule has 3 rings (SSSR count). The number of ether oxygens (including phenoxy) is 3. The topological polar surface area (TPSA) is 141 Å². The maximum Gasteiger partial charge on any atom is 0.409 e.